The lowest BCUT2D eigenvalue weighted by Crippen LogP contribution is -2.25. The molecule has 1 aliphatic heterocycles. The summed E-state index contributed by atoms with van der Waals surface area (Å²) in [4.78, 5) is 33.3. The van der Waals surface area contributed by atoms with Crippen molar-refractivity contribution in [3.63, 3.8) is 0 Å². The zero-order valence-electron chi connectivity index (χ0n) is 12.4. The second-order valence-corrected chi connectivity index (χ2v) is 4.97. The Hall–Kier alpha value is -3.10. The summed E-state index contributed by atoms with van der Waals surface area (Å²) in [5, 5.41) is 18.2. The van der Waals surface area contributed by atoms with E-state index in [-0.39, 0.29) is 29.8 Å². The Bertz CT molecular complexity index is 698. The van der Waals surface area contributed by atoms with Crippen molar-refractivity contribution in [2.75, 3.05) is 0 Å². The molecule has 0 aliphatic carbocycles. The van der Waals surface area contributed by atoms with Crippen molar-refractivity contribution >= 4 is 29.4 Å². The first-order valence-electron chi connectivity index (χ1n) is 6.88. The number of hydrazone groups is 2. The molecule has 1 heterocycles. The fourth-order valence-electron chi connectivity index (χ4n) is 2.06. The summed E-state index contributed by atoms with van der Waals surface area (Å²) in [6, 6.07) is 5.87. The molecule has 1 aliphatic rings. The van der Waals surface area contributed by atoms with Gasteiger partial charge in [0.15, 0.2) is 0 Å². The zero-order valence-corrected chi connectivity index (χ0v) is 12.4. The van der Waals surface area contributed by atoms with Gasteiger partial charge in [0.2, 0.25) is 11.8 Å². The molecule has 1 aromatic carbocycles. The van der Waals surface area contributed by atoms with Crippen LogP contribution in [0.25, 0.3) is 0 Å². The van der Waals surface area contributed by atoms with Gasteiger partial charge in [0.1, 0.15) is 0 Å². The average Bonchev–Trinajstić information content (AvgIpc) is 2.84. The number of non-ortho nitro benzene ring substituents is 1. The number of nitrogens with zero attached hydrogens (tertiary/aromatic N) is 3. The quantitative estimate of drug-likeness (QED) is 0.460. The smallest absolute Gasteiger partial charge is 0.270 e. The molecular formula is C14H15N5O4. The third-order valence-corrected chi connectivity index (χ3v) is 3.31. The van der Waals surface area contributed by atoms with Gasteiger partial charge in [-0.1, -0.05) is 12.1 Å². The van der Waals surface area contributed by atoms with E-state index in [9.17, 15) is 19.7 Å². The second kappa shape index (κ2) is 7.25. The molecule has 2 amide bonds. The molecule has 2 rings (SSSR count). The molecule has 0 unspecified atom stereocenters. The van der Waals surface area contributed by atoms with E-state index in [4.69, 9.17) is 0 Å². The molecule has 9 nitrogen and oxygen atoms in total. The number of nitro benzene ring substituents is 1. The first-order valence-corrected chi connectivity index (χ1v) is 6.88. The van der Waals surface area contributed by atoms with Crippen LogP contribution in [0.1, 0.15) is 25.3 Å². The monoisotopic (exact) mass is 317 g/mol. The molecule has 23 heavy (non-hydrogen) atoms. The number of benzene rings is 1. The van der Waals surface area contributed by atoms with Crippen LogP contribution < -0.4 is 10.9 Å². The lowest BCUT2D eigenvalue weighted by Gasteiger charge is -2.06. The molecular weight excluding hydrogens is 302 g/mol. The predicted molar refractivity (Wildman–Crippen MR) is 82.8 cm³/mol. The first kappa shape index (κ1) is 16.3. The highest BCUT2D eigenvalue weighted by Crippen LogP contribution is 2.14. The zero-order chi connectivity index (χ0) is 16.8. The third-order valence-electron chi connectivity index (χ3n) is 3.31. The number of carbonyl (C=O) groups is 2. The van der Waals surface area contributed by atoms with Crippen LogP contribution in [-0.4, -0.2) is 28.7 Å². The molecule has 9 heteroatoms. The van der Waals surface area contributed by atoms with Crippen molar-refractivity contribution in [1.29, 1.82) is 0 Å². The van der Waals surface area contributed by atoms with Crippen LogP contribution in [0.2, 0.25) is 0 Å². The highest BCUT2D eigenvalue weighted by atomic mass is 16.6. The van der Waals surface area contributed by atoms with Crippen LogP contribution in [0.15, 0.2) is 34.5 Å². The van der Waals surface area contributed by atoms with Crippen molar-refractivity contribution in [3.05, 3.63) is 39.9 Å². The van der Waals surface area contributed by atoms with Crippen molar-refractivity contribution in [2.45, 2.75) is 19.8 Å². The van der Waals surface area contributed by atoms with Crippen LogP contribution in [0.5, 0.6) is 0 Å². The molecule has 120 valence electrons. The van der Waals surface area contributed by atoms with E-state index in [2.05, 4.69) is 21.1 Å². The fraction of sp³-hybridized carbons (Fsp3) is 0.286. The summed E-state index contributed by atoms with van der Waals surface area (Å²) in [7, 11) is 0. The lowest BCUT2D eigenvalue weighted by atomic mass is 9.99. The fourth-order valence-corrected chi connectivity index (χ4v) is 2.06. The molecule has 0 saturated carbocycles. The highest BCUT2D eigenvalue weighted by molar-refractivity contribution is 6.07. The van der Waals surface area contributed by atoms with E-state index < -0.39 is 4.92 Å². The lowest BCUT2D eigenvalue weighted by molar-refractivity contribution is -0.384. The standard InChI is InChI=1S/C14H15N5O4/c1-9-12(14(21)18-16-9)5-6-13(20)17-15-8-10-3-2-4-11(7-10)19(22)23/h2-4,7-8,12H,5-6H2,1H3,(H,17,20)(H,18,21)/b15-8-/t12-/m1/s1. The van der Waals surface area contributed by atoms with Gasteiger partial charge in [-0.05, 0) is 13.3 Å². The van der Waals surface area contributed by atoms with E-state index >= 15 is 0 Å². The third kappa shape index (κ3) is 4.43. The summed E-state index contributed by atoms with van der Waals surface area (Å²) < 4.78 is 0. The molecule has 0 spiro atoms. The Morgan fingerprint density at radius 2 is 2.35 bits per heavy atom. The van der Waals surface area contributed by atoms with Crippen LogP contribution >= 0.6 is 0 Å². The maximum Gasteiger partial charge on any atom is 0.270 e. The Labute approximate surface area is 131 Å². The predicted octanol–water partition coefficient (Wildman–Crippen LogP) is 0.947. The Balaban J connectivity index is 1.82. The Morgan fingerprint density at radius 1 is 1.57 bits per heavy atom. The van der Waals surface area contributed by atoms with Gasteiger partial charge in [-0.3, -0.25) is 19.7 Å². The minimum Gasteiger partial charge on any atom is -0.273 e. The van der Waals surface area contributed by atoms with E-state index in [0.717, 1.165) is 0 Å². The van der Waals surface area contributed by atoms with Gasteiger partial charge in [-0.25, -0.2) is 10.9 Å². The number of nitrogens with one attached hydrogen (secondary N) is 2. The number of nitro groups is 1. The van der Waals surface area contributed by atoms with Gasteiger partial charge in [0.25, 0.3) is 5.69 Å². The molecule has 0 fully saturated rings. The average molecular weight is 317 g/mol. The summed E-state index contributed by atoms with van der Waals surface area (Å²) >= 11 is 0. The normalized spacial score (nSPS) is 17.0. The van der Waals surface area contributed by atoms with Gasteiger partial charge >= 0.3 is 0 Å². The van der Waals surface area contributed by atoms with Crippen LogP contribution in [0.4, 0.5) is 5.69 Å². The topological polar surface area (TPSA) is 126 Å². The van der Waals surface area contributed by atoms with Gasteiger partial charge in [-0.15, -0.1) is 0 Å². The maximum atomic E-state index is 11.7. The van der Waals surface area contributed by atoms with E-state index in [1.165, 1.54) is 24.4 Å². The second-order valence-electron chi connectivity index (χ2n) is 4.97. The SMILES string of the molecule is CC1=NNC(=O)[C@@H]1CCC(=O)N/N=C\c1cccc([N+](=O)[O-])c1. The van der Waals surface area contributed by atoms with Gasteiger partial charge in [0, 0.05) is 29.8 Å². The minimum absolute atomic E-state index is 0.0534. The maximum absolute atomic E-state index is 11.7. The summed E-state index contributed by atoms with van der Waals surface area (Å²) in [5.41, 5.74) is 5.78. The molecule has 1 atom stereocenters. The number of carbonyl (C=O) groups excluding carboxylic acids is 2. The summed E-state index contributed by atoms with van der Waals surface area (Å²) in [6.07, 6.45) is 1.79. The van der Waals surface area contributed by atoms with Gasteiger partial charge in [0.05, 0.1) is 17.1 Å². The van der Waals surface area contributed by atoms with Crippen molar-refractivity contribution in [2.24, 2.45) is 16.1 Å². The molecule has 2 N–H and O–H groups in total. The first-order chi connectivity index (χ1) is 11.0. The van der Waals surface area contributed by atoms with Crippen molar-refractivity contribution in [3.8, 4) is 0 Å². The van der Waals surface area contributed by atoms with Crippen molar-refractivity contribution in [1.82, 2.24) is 10.9 Å². The summed E-state index contributed by atoms with van der Waals surface area (Å²) in [6.45, 7) is 1.72. The summed E-state index contributed by atoms with van der Waals surface area (Å²) in [5.74, 6) is -0.948. The van der Waals surface area contributed by atoms with Crippen LogP contribution in [0, 0.1) is 16.0 Å². The van der Waals surface area contributed by atoms with Crippen LogP contribution in [-0.2, 0) is 9.59 Å². The molecule has 0 bridgehead atoms. The van der Waals surface area contributed by atoms with Gasteiger partial charge in [-0.2, -0.15) is 10.2 Å². The van der Waals surface area contributed by atoms with Crippen LogP contribution in [0.3, 0.4) is 0 Å². The molecule has 1 aromatic rings. The number of hydrogen-bond acceptors (Lipinski definition) is 6. The number of amides is 2. The van der Waals surface area contributed by atoms with Gasteiger partial charge < -0.3 is 0 Å². The molecule has 0 radical (unpaired) electrons. The van der Waals surface area contributed by atoms with Crippen molar-refractivity contribution < 1.29 is 14.5 Å². The van der Waals surface area contributed by atoms with E-state index in [1.54, 1.807) is 13.0 Å². The minimum atomic E-state index is -0.507. The number of hydrogen-bond donors (Lipinski definition) is 2. The molecule has 0 saturated heterocycles. The Morgan fingerprint density at radius 3 is 3.00 bits per heavy atom. The Kier molecular flexibility index (Phi) is 5.13. The highest BCUT2D eigenvalue weighted by Gasteiger charge is 2.26. The van der Waals surface area contributed by atoms with E-state index in [1.807, 2.05) is 0 Å². The largest absolute Gasteiger partial charge is 0.273 e. The molecule has 0 aromatic heterocycles. The number of rotatable bonds is 6. The van der Waals surface area contributed by atoms with E-state index in [0.29, 0.717) is 17.7 Å².